The van der Waals surface area contributed by atoms with Crippen molar-refractivity contribution in [3.8, 4) is 22.1 Å². The number of piperidine rings is 1. The molecule has 0 bridgehead atoms. The number of hydrogen-bond donors (Lipinski definition) is 2. The highest BCUT2D eigenvalue weighted by atomic mass is 32.1. The van der Waals surface area contributed by atoms with Gasteiger partial charge in [0.2, 0.25) is 6.79 Å². The van der Waals surface area contributed by atoms with E-state index in [-0.39, 0.29) is 18.1 Å². The van der Waals surface area contributed by atoms with Gasteiger partial charge >= 0.3 is 0 Å². The van der Waals surface area contributed by atoms with Crippen LogP contribution in [0.3, 0.4) is 0 Å². The van der Waals surface area contributed by atoms with Crippen molar-refractivity contribution in [2.24, 2.45) is 5.41 Å². The van der Waals surface area contributed by atoms with E-state index < -0.39 is 0 Å². The second-order valence-corrected chi connectivity index (χ2v) is 7.87. The van der Waals surface area contributed by atoms with Crippen LogP contribution < -0.4 is 20.1 Å². The van der Waals surface area contributed by atoms with Crippen LogP contribution in [0.5, 0.6) is 11.5 Å². The van der Waals surface area contributed by atoms with Crippen molar-refractivity contribution in [2.45, 2.75) is 19.8 Å². The van der Waals surface area contributed by atoms with Gasteiger partial charge in [0.15, 0.2) is 11.5 Å². The van der Waals surface area contributed by atoms with Gasteiger partial charge in [-0.25, -0.2) is 4.98 Å². The molecule has 7 heteroatoms. The highest BCUT2D eigenvalue weighted by Gasteiger charge is 2.27. The van der Waals surface area contributed by atoms with Crippen LogP contribution in [0, 0.1) is 5.41 Å². The van der Waals surface area contributed by atoms with Gasteiger partial charge in [-0.05, 0) is 49.5 Å². The van der Waals surface area contributed by atoms with Crippen molar-refractivity contribution in [3.05, 3.63) is 29.3 Å². The summed E-state index contributed by atoms with van der Waals surface area (Å²) in [4.78, 5) is 17.5. The summed E-state index contributed by atoms with van der Waals surface area (Å²) in [5.74, 6) is 1.41. The molecule has 2 N–H and O–H groups in total. The van der Waals surface area contributed by atoms with Crippen LogP contribution >= 0.6 is 11.3 Å². The predicted molar refractivity (Wildman–Crippen MR) is 96.2 cm³/mol. The molecule has 0 spiro atoms. The molecule has 0 aliphatic carbocycles. The summed E-state index contributed by atoms with van der Waals surface area (Å²) in [6.45, 7) is 5.21. The van der Waals surface area contributed by atoms with E-state index in [1.54, 1.807) is 6.20 Å². The van der Waals surface area contributed by atoms with E-state index in [4.69, 9.17) is 9.47 Å². The van der Waals surface area contributed by atoms with Gasteiger partial charge < -0.3 is 20.1 Å². The van der Waals surface area contributed by atoms with Crippen LogP contribution in [-0.2, 0) is 0 Å². The number of ether oxygens (including phenoxy) is 2. The topological polar surface area (TPSA) is 72.5 Å². The van der Waals surface area contributed by atoms with Gasteiger partial charge in [-0.1, -0.05) is 6.92 Å². The second kappa shape index (κ2) is 6.65. The number of thiazole rings is 1. The third-order valence-electron chi connectivity index (χ3n) is 4.84. The van der Waals surface area contributed by atoms with E-state index in [9.17, 15) is 4.79 Å². The largest absolute Gasteiger partial charge is 0.454 e. The number of amides is 1. The number of carbonyl (C=O) groups is 1. The maximum atomic E-state index is 12.5. The predicted octanol–water partition coefficient (Wildman–Crippen LogP) is 2.66. The monoisotopic (exact) mass is 359 g/mol. The minimum absolute atomic E-state index is 0.0516. The smallest absolute Gasteiger partial charge is 0.263 e. The first-order valence-electron chi connectivity index (χ1n) is 8.48. The molecular formula is C18H21N3O3S. The fraction of sp³-hybridized carbons (Fsp3) is 0.444. The quantitative estimate of drug-likeness (QED) is 0.878. The van der Waals surface area contributed by atoms with Crippen molar-refractivity contribution < 1.29 is 14.3 Å². The highest BCUT2D eigenvalue weighted by molar-refractivity contribution is 7.16. The van der Waals surface area contributed by atoms with Gasteiger partial charge in [0.05, 0.1) is 6.20 Å². The van der Waals surface area contributed by atoms with Crippen LogP contribution in [0.15, 0.2) is 24.4 Å². The molecular weight excluding hydrogens is 338 g/mol. The summed E-state index contributed by atoms with van der Waals surface area (Å²) >= 11 is 1.39. The average molecular weight is 359 g/mol. The first-order valence-corrected chi connectivity index (χ1v) is 9.29. The molecule has 2 aliphatic rings. The molecule has 132 valence electrons. The molecule has 1 aromatic carbocycles. The number of benzene rings is 1. The Morgan fingerprint density at radius 2 is 2.12 bits per heavy atom. The first kappa shape index (κ1) is 16.4. The number of nitrogens with zero attached hydrogens (tertiary/aromatic N) is 1. The van der Waals surface area contributed by atoms with E-state index in [0.29, 0.717) is 11.4 Å². The fourth-order valence-electron chi connectivity index (χ4n) is 3.13. The minimum atomic E-state index is -0.0516. The number of aromatic nitrogens is 1. The van der Waals surface area contributed by atoms with Gasteiger partial charge in [-0.3, -0.25) is 4.79 Å². The molecule has 2 aliphatic heterocycles. The van der Waals surface area contributed by atoms with Crippen LogP contribution in [-0.4, -0.2) is 37.3 Å². The van der Waals surface area contributed by atoms with E-state index in [0.717, 1.165) is 48.0 Å². The molecule has 4 rings (SSSR count). The maximum absolute atomic E-state index is 12.5. The van der Waals surface area contributed by atoms with Gasteiger partial charge in [0.1, 0.15) is 9.88 Å². The van der Waals surface area contributed by atoms with Crippen LogP contribution in [0.25, 0.3) is 10.6 Å². The third-order valence-corrected chi connectivity index (χ3v) is 5.88. The number of carbonyl (C=O) groups excluding carboxylic acids is 1. The lowest BCUT2D eigenvalue weighted by atomic mass is 9.81. The Morgan fingerprint density at radius 3 is 2.96 bits per heavy atom. The Kier molecular flexibility index (Phi) is 4.35. The summed E-state index contributed by atoms with van der Waals surface area (Å²) in [5, 5.41) is 7.24. The van der Waals surface area contributed by atoms with Crippen molar-refractivity contribution in [1.82, 2.24) is 15.6 Å². The van der Waals surface area contributed by atoms with Gasteiger partial charge in [-0.2, -0.15) is 0 Å². The van der Waals surface area contributed by atoms with Crippen molar-refractivity contribution in [1.29, 1.82) is 0 Å². The molecule has 1 fully saturated rings. The van der Waals surface area contributed by atoms with E-state index in [1.807, 2.05) is 18.2 Å². The Morgan fingerprint density at radius 1 is 1.32 bits per heavy atom. The van der Waals surface area contributed by atoms with Crippen molar-refractivity contribution >= 4 is 17.2 Å². The normalized spacial score (nSPS) is 18.1. The second-order valence-electron chi connectivity index (χ2n) is 6.84. The molecule has 1 amide bonds. The summed E-state index contributed by atoms with van der Waals surface area (Å²) in [6.07, 6.45) is 3.81. The van der Waals surface area contributed by atoms with E-state index >= 15 is 0 Å². The van der Waals surface area contributed by atoms with Gasteiger partial charge in [0, 0.05) is 12.1 Å². The number of nitrogens with one attached hydrogen (secondary N) is 2. The molecule has 0 atom stereocenters. The van der Waals surface area contributed by atoms with Crippen LogP contribution in [0.2, 0.25) is 0 Å². The van der Waals surface area contributed by atoms with Crippen LogP contribution in [0.4, 0.5) is 0 Å². The summed E-state index contributed by atoms with van der Waals surface area (Å²) < 4.78 is 10.7. The molecule has 0 unspecified atom stereocenters. The minimum Gasteiger partial charge on any atom is -0.454 e. The lowest BCUT2D eigenvalue weighted by Gasteiger charge is -2.34. The van der Waals surface area contributed by atoms with E-state index in [1.165, 1.54) is 11.3 Å². The maximum Gasteiger partial charge on any atom is 0.263 e. The Hall–Kier alpha value is -2.12. The number of fused-ring (bicyclic) bond motifs is 1. The van der Waals surface area contributed by atoms with Gasteiger partial charge in [0.25, 0.3) is 5.91 Å². The summed E-state index contributed by atoms with van der Waals surface area (Å²) in [5.41, 5.74) is 1.10. The molecule has 2 aromatic rings. The van der Waals surface area contributed by atoms with Crippen molar-refractivity contribution in [2.75, 3.05) is 26.4 Å². The van der Waals surface area contributed by atoms with E-state index in [2.05, 4.69) is 22.5 Å². The molecule has 1 saturated heterocycles. The lowest BCUT2D eigenvalue weighted by Crippen LogP contribution is -2.42. The number of hydrogen-bond acceptors (Lipinski definition) is 6. The Balaban J connectivity index is 1.43. The van der Waals surface area contributed by atoms with Crippen molar-refractivity contribution in [3.63, 3.8) is 0 Å². The molecule has 0 saturated carbocycles. The lowest BCUT2D eigenvalue weighted by molar-refractivity contribution is 0.0926. The molecule has 0 radical (unpaired) electrons. The fourth-order valence-corrected chi connectivity index (χ4v) is 3.96. The molecule has 25 heavy (non-hydrogen) atoms. The summed E-state index contributed by atoms with van der Waals surface area (Å²) in [7, 11) is 0. The Bertz CT molecular complexity index is 784. The zero-order valence-corrected chi connectivity index (χ0v) is 14.9. The standard InChI is InChI=1S/C18H21N3O3S/c1-18(4-6-19-7-5-18)10-21-16(22)15-9-20-17(25-15)12-2-3-13-14(8-12)24-11-23-13/h2-3,8-9,19H,4-7,10-11H2,1H3,(H,21,22). The highest BCUT2D eigenvalue weighted by Crippen LogP contribution is 2.37. The zero-order valence-electron chi connectivity index (χ0n) is 14.1. The molecule has 3 heterocycles. The number of rotatable bonds is 4. The zero-order chi connectivity index (χ0) is 17.3. The van der Waals surface area contributed by atoms with Crippen LogP contribution in [0.1, 0.15) is 29.4 Å². The Labute approximate surface area is 150 Å². The average Bonchev–Trinajstić information content (AvgIpc) is 3.29. The SMILES string of the molecule is CC1(CNC(=O)c2cnc(-c3ccc4c(c3)OCO4)s2)CCNCC1. The first-order chi connectivity index (χ1) is 12.1. The van der Waals surface area contributed by atoms with Gasteiger partial charge in [-0.15, -0.1) is 11.3 Å². The molecule has 6 nitrogen and oxygen atoms in total. The molecule has 1 aromatic heterocycles. The summed E-state index contributed by atoms with van der Waals surface area (Å²) in [6, 6.07) is 5.71. The third kappa shape index (κ3) is 3.48.